The molecule has 0 fully saturated rings. The van der Waals surface area contributed by atoms with E-state index in [0.717, 1.165) is 11.4 Å². The fourth-order valence-corrected chi connectivity index (χ4v) is 1.71. The molecule has 16 heavy (non-hydrogen) atoms. The molecule has 1 aromatic rings. The monoisotopic (exact) mass is 225 g/mol. The summed E-state index contributed by atoms with van der Waals surface area (Å²) in [5.74, 6) is -0.802. The average molecular weight is 225 g/mol. The van der Waals surface area contributed by atoms with Crippen LogP contribution in [-0.4, -0.2) is 33.4 Å². The Morgan fingerprint density at radius 2 is 2.31 bits per heavy atom. The SMILES string of the molecule is CCNC(CCn1nc(C)cc1C)C(=O)O. The number of carbonyl (C=O) groups is 1. The van der Waals surface area contributed by atoms with Gasteiger partial charge in [0.05, 0.1) is 5.69 Å². The summed E-state index contributed by atoms with van der Waals surface area (Å²) in [6.45, 7) is 7.10. The molecule has 1 atom stereocenters. The van der Waals surface area contributed by atoms with E-state index in [2.05, 4.69) is 10.4 Å². The highest BCUT2D eigenvalue weighted by Crippen LogP contribution is 2.04. The van der Waals surface area contributed by atoms with Gasteiger partial charge in [-0.2, -0.15) is 5.10 Å². The number of hydrogen-bond donors (Lipinski definition) is 2. The molecule has 0 radical (unpaired) electrons. The minimum absolute atomic E-state index is 0.492. The van der Waals surface area contributed by atoms with Crippen LogP contribution in [-0.2, 0) is 11.3 Å². The van der Waals surface area contributed by atoms with Gasteiger partial charge in [-0.3, -0.25) is 9.48 Å². The lowest BCUT2D eigenvalue weighted by Gasteiger charge is -2.13. The van der Waals surface area contributed by atoms with E-state index in [0.29, 0.717) is 19.5 Å². The van der Waals surface area contributed by atoms with Gasteiger partial charge in [0, 0.05) is 12.2 Å². The summed E-state index contributed by atoms with van der Waals surface area (Å²) >= 11 is 0. The molecule has 1 unspecified atom stereocenters. The second kappa shape index (κ2) is 5.65. The number of hydrogen-bond acceptors (Lipinski definition) is 3. The number of carboxylic acids is 1. The van der Waals surface area contributed by atoms with E-state index in [1.165, 1.54) is 0 Å². The third-order valence-corrected chi connectivity index (χ3v) is 2.48. The maximum Gasteiger partial charge on any atom is 0.320 e. The molecule has 0 saturated carbocycles. The summed E-state index contributed by atoms with van der Waals surface area (Å²) in [5.41, 5.74) is 2.03. The standard InChI is InChI=1S/C11H19N3O2/c1-4-12-10(11(15)16)5-6-14-9(3)7-8(2)13-14/h7,10,12H,4-6H2,1-3H3,(H,15,16). The molecule has 0 amide bonds. The number of carboxylic acid groups (broad SMARTS) is 1. The second-order valence-corrected chi connectivity index (χ2v) is 3.89. The van der Waals surface area contributed by atoms with Crippen LogP contribution in [0.2, 0.25) is 0 Å². The molecule has 0 aliphatic heterocycles. The number of rotatable bonds is 6. The Morgan fingerprint density at radius 3 is 2.75 bits per heavy atom. The lowest BCUT2D eigenvalue weighted by Crippen LogP contribution is -2.37. The van der Waals surface area contributed by atoms with Crippen molar-refractivity contribution in [1.29, 1.82) is 0 Å². The third-order valence-electron chi connectivity index (χ3n) is 2.48. The Balaban J connectivity index is 2.55. The van der Waals surface area contributed by atoms with E-state index in [-0.39, 0.29) is 0 Å². The smallest absolute Gasteiger partial charge is 0.320 e. The number of aliphatic carboxylic acids is 1. The van der Waals surface area contributed by atoms with Crippen molar-refractivity contribution in [2.24, 2.45) is 0 Å². The molecule has 0 bridgehead atoms. The lowest BCUT2D eigenvalue weighted by molar-refractivity contribution is -0.139. The van der Waals surface area contributed by atoms with Crippen molar-refractivity contribution in [2.45, 2.75) is 39.8 Å². The maximum absolute atomic E-state index is 10.9. The second-order valence-electron chi connectivity index (χ2n) is 3.89. The summed E-state index contributed by atoms with van der Waals surface area (Å²) in [6, 6.07) is 1.50. The summed E-state index contributed by atoms with van der Waals surface area (Å²) in [7, 11) is 0. The minimum Gasteiger partial charge on any atom is -0.480 e. The number of likely N-dealkylation sites (N-methyl/N-ethyl adjacent to an activating group) is 1. The first kappa shape index (κ1) is 12.7. The average Bonchev–Trinajstić information content (AvgIpc) is 2.51. The number of nitrogens with zero attached hydrogens (tertiary/aromatic N) is 2. The maximum atomic E-state index is 10.9. The fraction of sp³-hybridized carbons (Fsp3) is 0.636. The molecule has 5 heteroatoms. The van der Waals surface area contributed by atoms with Gasteiger partial charge in [0.1, 0.15) is 6.04 Å². The van der Waals surface area contributed by atoms with Gasteiger partial charge < -0.3 is 10.4 Å². The van der Waals surface area contributed by atoms with Crippen molar-refractivity contribution in [3.63, 3.8) is 0 Å². The van der Waals surface area contributed by atoms with E-state index >= 15 is 0 Å². The lowest BCUT2D eigenvalue weighted by atomic mass is 10.2. The van der Waals surface area contributed by atoms with Gasteiger partial charge in [0.15, 0.2) is 0 Å². The Hall–Kier alpha value is -1.36. The Kier molecular flexibility index (Phi) is 4.49. The van der Waals surface area contributed by atoms with Crippen molar-refractivity contribution in [1.82, 2.24) is 15.1 Å². The van der Waals surface area contributed by atoms with Crippen molar-refractivity contribution in [2.75, 3.05) is 6.54 Å². The highest BCUT2D eigenvalue weighted by Gasteiger charge is 2.16. The van der Waals surface area contributed by atoms with Gasteiger partial charge in [-0.05, 0) is 32.9 Å². The first-order chi connectivity index (χ1) is 7.54. The zero-order valence-electron chi connectivity index (χ0n) is 10.0. The predicted molar refractivity (Wildman–Crippen MR) is 61.4 cm³/mol. The highest BCUT2D eigenvalue weighted by atomic mass is 16.4. The molecule has 1 rings (SSSR count). The van der Waals surface area contributed by atoms with Gasteiger partial charge >= 0.3 is 5.97 Å². The molecular formula is C11H19N3O2. The fourth-order valence-electron chi connectivity index (χ4n) is 1.71. The van der Waals surface area contributed by atoms with Crippen LogP contribution in [0.5, 0.6) is 0 Å². The van der Waals surface area contributed by atoms with Crippen LogP contribution in [0.3, 0.4) is 0 Å². The van der Waals surface area contributed by atoms with Crippen LogP contribution in [0.15, 0.2) is 6.07 Å². The van der Waals surface area contributed by atoms with Gasteiger partial charge in [0.2, 0.25) is 0 Å². The molecule has 0 spiro atoms. The zero-order chi connectivity index (χ0) is 12.1. The molecular weight excluding hydrogens is 206 g/mol. The van der Waals surface area contributed by atoms with E-state index in [9.17, 15) is 4.79 Å². The molecule has 2 N–H and O–H groups in total. The van der Waals surface area contributed by atoms with Gasteiger partial charge in [-0.25, -0.2) is 0 Å². The van der Waals surface area contributed by atoms with Crippen LogP contribution in [0, 0.1) is 13.8 Å². The molecule has 1 heterocycles. The van der Waals surface area contributed by atoms with Crippen LogP contribution in [0.4, 0.5) is 0 Å². The molecule has 0 saturated heterocycles. The Morgan fingerprint density at radius 1 is 1.62 bits per heavy atom. The largest absolute Gasteiger partial charge is 0.480 e. The summed E-state index contributed by atoms with van der Waals surface area (Å²) in [5, 5.41) is 16.2. The topological polar surface area (TPSA) is 67.2 Å². The summed E-state index contributed by atoms with van der Waals surface area (Å²) in [6.07, 6.45) is 0.547. The van der Waals surface area contributed by atoms with Gasteiger partial charge in [0.25, 0.3) is 0 Å². The first-order valence-electron chi connectivity index (χ1n) is 5.51. The number of nitrogens with one attached hydrogen (secondary N) is 1. The van der Waals surface area contributed by atoms with Crippen LogP contribution in [0.1, 0.15) is 24.7 Å². The molecule has 0 aromatic carbocycles. The molecule has 0 aliphatic rings. The van der Waals surface area contributed by atoms with Crippen molar-refractivity contribution in [3.05, 3.63) is 17.5 Å². The molecule has 90 valence electrons. The van der Waals surface area contributed by atoms with Crippen molar-refractivity contribution < 1.29 is 9.90 Å². The molecule has 5 nitrogen and oxygen atoms in total. The van der Waals surface area contributed by atoms with E-state index in [1.807, 2.05) is 31.5 Å². The molecule has 1 aromatic heterocycles. The number of aryl methyl sites for hydroxylation is 3. The summed E-state index contributed by atoms with van der Waals surface area (Å²) in [4.78, 5) is 10.9. The Bertz CT molecular complexity index is 360. The van der Waals surface area contributed by atoms with Crippen molar-refractivity contribution in [3.8, 4) is 0 Å². The Labute approximate surface area is 95.5 Å². The molecule has 0 aliphatic carbocycles. The van der Waals surface area contributed by atoms with Gasteiger partial charge in [-0.15, -0.1) is 0 Å². The quantitative estimate of drug-likeness (QED) is 0.756. The van der Waals surface area contributed by atoms with E-state index < -0.39 is 12.0 Å². The van der Waals surface area contributed by atoms with E-state index in [1.54, 1.807) is 0 Å². The van der Waals surface area contributed by atoms with Crippen LogP contribution in [0.25, 0.3) is 0 Å². The number of aromatic nitrogens is 2. The van der Waals surface area contributed by atoms with Crippen LogP contribution >= 0.6 is 0 Å². The normalized spacial score (nSPS) is 12.7. The minimum atomic E-state index is -0.802. The van der Waals surface area contributed by atoms with Crippen molar-refractivity contribution >= 4 is 5.97 Å². The highest BCUT2D eigenvalue weighted by molar-refractivity contribution is 5.73. The van der Waals surface area contributed by atoms with Gasteiger partial charge in [-0.1, -0.05) is 6.92 Å². The zero-order valence-corrected chi connectivity index (χ0v) is 10.0. The van der Waals surface area contributed by atoms with E-state index in [4.69, 9.17) is 5.11 Å². The summed E-state index contributed by atoms with van der Waals surface area (Å²) < 4.78 is 1.85. The van der Waals surface area contributed by atoms with Crippen LogP contribution < -0.4 is 5.32 Å². The third kappa shape index (κ3) is 3.34. The predicted octanol–water partition coefficient (Wildman–Crippen LogP) is 0.953. The first-order valence-corrected chi connectivity index (χ1v) is 5.51.